The standard InChI is InChI=1S/C25H29ClN4O2/c1-18-24(19(2)30(28-18)23-6-4-3-5-7-23)17-29-14-12-22(16-29)27-25(31)32-15-13-20-8-10-21(26)11-9-20/h3-11,22H,12-17H2,1-2H3,(H,27,31). The maximum Gasteiger partial charge on any atom is 0.407 e. The first-order valence-electron chi connectivity index (χ1n) is 11.0. The highest BCUT2D eigenvalue weighted by atomic mass is 35.5. The van der Waals surface area contributed by atoms with E-state index in [1.54, 1.807) is 0 Å². The molecule has 7 heteroatoms. The third-order valence-corrected chi connectivity index (χ3v) is 6.21. The predicted molar refractivity (Wildman–Crippen MR) is 126 cm³/mol. The van der Waals surface area contributed by atoms with Crippen LogP contribution in [0.1, 0.15) is 28.9 Å². The van der Waals surface area contributed by atoms with E-state index in [9.17, 15) is 4.79 Å². The summed E-state index contributed by atoms with van der Waals surface area (Å²) in [4.78, 5) is 14.6. The van der Waals surface area contributed by atoms with Crippen LogP contribution in [-0.4, -0.2) is 46.5 Å². The molecule has 1 aliphatic rings. The Labute approximate surface area is 194 Å². The van der Waals surface area contributed by atoms with Crippen LogP contribution in [-0.2, 0) is 17.7 Å². The normalized spacial score (nSPS) is 16.3. The number of aryl methyl sites for hydroxylation is 1. The highest BCUT2D eigenvalue weighted by molar-refractivity contribution is 6.30. The van der Waals surface area contributed by atoms with E-state index in [1.807, 2.05) is 47.1 Å². The number of halogens is 1. The van der Waals surface area contributed by atoms with Crippen LogP contribution in [0.4, 0.5) is 4.79 Å². The zero-order valence-electron chi connectivity index (χ0n) is 18.6. The molecule has 1 atom stereocenters. The molecule has 1 fully saturated rings. The molecule has 0 aliphatic carbocycles. The second-order valence-electron chi connectivity index (χ2n) is 8.27. The molecule has 2 heterocycles. The van der Waals surface area contributed by atoms with Gasteiger partial charge in [0.1, 0.15) is 0 Å². The van der Waals surface area contributed by atoms with Crippen molar-refractivity contribution in [1.82, 2.24) is 20.0 Å². The summed E-state index contributed by atoms with van der Waals surface area (Å²) < 4.78 is 7.38. The van der Waals surface area contributed by atoms with Gasteiger partial charge in [0.25, 0.3) is 0 Å². The summed E-state index contributed by atoms with van der Waals surface area (Å²) >= 11 is 5.90. The van der Waals surface area contributed by atoms with E-state index >= 15 is 0 Å². The first kappa shape index (κ1) is 22.4. The first-order valence-corrected chi connectivity index (χ1v) is 11.4. The van der Waals surface area contributed by atoms with Gasteiger partial charge in [0.15, 0.2) is 0 Å². The number of hydrogen-bond acceptors (Lipinski definition) is 4. The van der Waals surface area contributed by atoms with Gasteiger partial charge in [-0.05, 0) is 50.1 Å². The lowest BCUT2D eigenvalue weighted by Crippen LogP contribution is -2.37. The summed E-state index contributed by atoms with van der Waals surface area (Å²) in [7, 11) is 0. The summed E-state index contributed by atoms with van der Waals surface area (Å²) in [6, 6.07) is 17.9. The number of benzene rings is 2. The molecule has 2 aromatic carbocycles. The number of ether oxygens (including phenoxy) is 1. The van der Waals surface area contributed by atoms with E-state index in [4.69, 9.17) is 21.4 Å². The molecule has 0 spiro atoms. The number of aromatic nitrogens is 2. The maximum absolute atomic E-state index is 12.2. The molecule has 1 unspecified atom stereocenters. The molecular formula is C25H29ClN4O2. The highest BCUT2D eigenvalue weighted by Gasteiger charge is 2.26. The Hall–Kier alpha value is -2.83. The van der Waals surface area contributed by atoms with E-state index in [2.05, 4.69) is 36.2 Å². The Bertz CT molecular complexity index is 1050. The van der Waals surface area contributed by atoms with Crippen LogP contribution in [0.25, 0.3) is 5.69 Å². The van der Waals surface area contributed by atoms with Gasteiger partial charge in [0.05, 0.1) is 18.0 Å². The number of hydrogen-bond donors (Lipinski definition) is 1. The molecule has 6 nitrogen and oxygen atoms in total. The second kappa shape index (κ2) is 10.2. The van der Waals surface area contributed by atoms with Gasteiger partial charge in [0.2, 0.25) is 0 Å². The first-order chi connectivity index (χ1) is 15.5. The molecule has 1 aliphatic heterocycles. The molecule has 1 amide bonds. The van der Waals surface area contributed by atoms with E-state index in [0.29, 0.717) is 18.1 Å². The van der Waals surface area contributed by atoms with Crippen LogP contribution in [0.15, 0.2) is 54.6 Å². The zero-order chi connectivity index (χ0) is 22.5. The Kier molecular flexibility index (Phi) is 7.12. The summed E-state index contributed by atoms with van der Waals surface area (Å²) in [5, 5.41) is 8.46. The number of carbonyl (C=O) groups excluding carboxylic acids is 1. The number of alkyl carbamates (subject to hydrolysis) is 1. The fourth-order valence-corrected chi connectivity index (χ4v) is 4.29. The number of rotatable bonds is 7. The molecule has 0 bridgehead atoms. The summed E-state index contributed by atoms with van der Waals surface area (Å²) in [5.74, 6) is 0. The summed E-state index contributed by atoms with van der Waals surface area (Å²) in [6.45, 7) is 7.10. The SMILES string of the molecule is Cc1nn(-c2ccccc2)c(C)c1CN1CCC(NC(=O)OCCc2ccc(Cl)cc2)C1. The molecule has 4 rings (SSSR count). The number of likely N-dealkylation sites (tertiary alicyclic amines) is 1. The molecule has 32 heavy (non-hydrogen) atoms. The van der Waals surface area contributed by atoms with Gasteiger partial charge in [-0.15, -0.1) is 0 Å². The smallest absolute Gasteiger partial charge is 0.407 e. The van der Waals surface area contributed by atoms with Crippen LogP contribution in [0, 0.1) is 13.8 Å². The monoisotopic (exact) mass is 452 g/mol. The Morgan fingerprint density at radius 3 is 2.66 bits per heavy atom. The van der Waals surface area contributed by atoms with Crippen molar-refractivity contribution in [3.05, 3.63) is 82.1 Å². The van der Waals surface area contributed by atoms with Crippen molar-refractivity contribution in [2.75, 3.05) is 19.7 Å². The van der Waals surface area contributed by atoms with Crippen LogP contribution in [0.2, 0.25) is 5.02 Å². The van der Waals surface area contributed by atoms with Gasteiger partial charge >= 0.3 is 6.09 Å². The second-order valence-corrected chi connectivity index (χ2v) is 8.71. The van der Waals surface area contributed by atoms with Gasteiger partial charge in [-0.2, -0.15) is 5.10 Å². The minimum Gasteiger partial charge on any atom is -0.449 e. The van der Waals surface area contributed by atoms with Crippen LogP contribution < -0.4 is 5.32 Å². The molecule has 3 aromatic rings. The number of para-hydroxylation sites is 1. The molecule has 168 valence electrons. The lowest BCUT2D eigenvalue weighted by Gasteiger charge is -2.17. The average molecular weight is 453 g/mol. The van der Waals surface area contributed by atoms with Crippen molar-refractivity contribution in [2.45, 2.75) is 39.3 Å². The van der Waals surface area contributed by atoms with Crippen LogP contribution in [0.5, 0.6) is 0 Å². The third kappa shape index (κ3) is 5.50. The lowest BCUT2D eigenvalue weighted by molar-refractivity contribution is 0.143. The summed E-state index contributed by atoms with van der Waals surface area (Å²) in [5.41, 5.74) is 5.62. The van der Waals surface area contributed by atoms with Crippen molar-refractivity contribution in [3.63, 3.8) is 0 Å². The lowest BCUT2D eigenvalue weighted by atomic mass is 10.2. The minimum absolute atomic E-state index is 0.0998. The molecule has 1 saturated heterocycles. The fourth-order valence-electron chi connectivity index (χ4n) is 4.16. The zero-order valence-corrected chi connectivity index (χ0v) is 19.3. The molecule has 0 radical (unpaired) electrons. The number of carbonyl (C=O) groups is 1. The van der Waals surface area contributed by atoms with E-state index in [1.165, 1.54) is 5.56 Å². The topological polar surface area (TPSA) is 59.4 Å². The average Bonchev–Trinajstić information content (AvgIpc) is 3.35. The van der Waals surface area contributed by atoms with E-state index < -0.39 is 0 Å². The van der Waals surface area contributed by atoms with Gasteiger partial charge in [-0.1, -0.05) is 41.9 Å². The van der Waals surface area contributed by atoms with Crippen molar-refractivity contribution >= 4 is 17.7 Å². The maximum atomic E-state index is 12.2. The third-order valence-electron chi connectivity index (χ3n) is 5.96. The van der Waals surface area contributed by atoms with Crippen molar-refractivity contribution in [2.24, 2.45) is 0 Å². The fraction of sp³-hybridized carbons (Fsp3) is 0.360. The number of nitrogens with zero attached hydrogens (tertiary/aromatic N) is 3. The van der Waals surface area contributed by atoms with Gasteiger partial charge in [0, 0.05) is 48.4 Å². The van der Waals surface area contributed by atoms with E-state index in [-0.39, 0.29) is 12.1 Å². The molecular weight excluding hydrogens is 424 g/mol. The van der Waals surface area contributed by atoms with Crippen LogP contribution >= 0.6 is 11.6 Å². The van der Waals surface area contributed by atoms with Crippen molar-refractivity contribution in [1.29, 1.82) is 0 Å². The minimum atomic E-state index is -0.352. The van der Waals surface area contributed by atoms with Crippen molar-refractivity contribution in [3.8, 4) is 5.69 Å². The van der Waals surface area contributed by atoms with E-state index in [0.717, 1.165) is 48.7 Å². The van der Waals surface area contributed by atoms with Gasteiger partial charge < -0.3 is 10.1 Å². The summed E-state index contributed by atoms with van der Waals surface area (Å²) in [6.07, 6.45) is 1.23. The molecule has 1 N–H and O–H groups in total. The molecule has 1 aromatic heterocycles. The Morgan fingerprint density at radius 2 is 1.91 bits per heavy atom. The number of nitrogens with one attached hydrogen (secondary N) is 1. The highest BCUT2D eigenvalue weighted by Crippen LogP contribution is 2.22. The van der Waals surface area contributed by atoms with Crippen molar-refractivity contribution < 1.29 is 9.53 Å². The Balaban J connectivity index is 1.25. The quantitative estimate of drug-likeness (QED) is 0.565. The predicted octanol–water partition coefficient (Wildman–Crippen LogP) is 4.69. The van der Waals surface area contributed by atoms with Gasteiger partial charge in [-0.25, -0.2) is 9.48 Å². The Morgan fingerprint density at radius 1 is 1.16 bits per heavy atom. The van der Waals surface area contributed by atoms with Gasteiger partial charge in [-0.3, -0.25) is 4.90 Å². The largest absolute Gasteiger partial charge is 0.449 e. The van der Waals surface area contributed by atoms with Crippen LogP contribution in [0.3, 0.4) is 0 Å². The number of amides is 1. The molecule has 0 saturated carbocycles.